The highest BCUT2D eigenvalue weighted by molar-refractivity contribution is 5.94. The van der Waals surface area contributed by atoms with Crippen LogP contribution in [0, 0.1) is 0 Å². The molecular formula is C10H6F3N3O2. The van der Waals surface area contributed by atoms with E-state index in [1.165, 1.54) is 6.07 Å². The molecule has 18 heavy (non-hydrogen) atoms. The van der Waals surface area contributed by atoms with Crippen molar-refractivity contribution in [3.63, 3.8) is 0 Å². The highest BCUT2D eigenvalue weighted by atomic mass is 19.4. The highest BCUT2D eigenvalue weighted by Gasteiger charge is 2.36. The quantitative estimate of drug-likeness (QED) is 0.864. The molecule has 2 N–H and O–H groups in total. The molecule has 0 atom stereocenters. The summed E-state index contributed by atoms with van der Waals surface area (Å²) in [5, 5.41) is 14.5. The second-order valence-electron chi connectivity index (χ2n) is 3.36. The maximum absolute atomic E-state index is 12.7. The molecule has 2 rings (SSSR count). The van der Waals surface area contributed by atoms with Gasteiger partial charge in [-0.2, -0.15) is 18.3 Å². The molecule has 0 unspecified atom stereocenters. The van der Waals surface area contributed by atoms with Gasteiger partial charge < -0.3 is 5.11 Å². The monoisotopic (exact) mass is 257 g/mol. The Hall–Kier alpha value is -2.38. The van der Waals surface area contributed by atoms with Gasteiger partial charge in [-0.1, -0.05) is 0 Å². The average Bonchev–Trinajstić information content (AvgIpc) is 2.76. The van der Waals surface area contributed by atoms with Crippen LogP contribution in [0.2, 0.25) is 0 Å². The van der Waals surface area contributed by atoms with Gasteiger partial charge in [0, 0.05) is 11.8 Å². The Bertz CT molecular complexity index is 592. The maximum Gasteiger partial charge on any atom is 0.434 e. The second-order valence-corrected chi connectivity index (χ2v) is 3.36. The second kappa shape index (κ2) is 4.13. The molecule has 0 aliphatic heterocycles. The molecule has 0 bridgehead atoms. The molecule has 2 aromatic heterocycles. The van der Waals surface area contributed by atoms with Crippen LogP contribution in [0.1, 0.15) is 16.1 Å². The lowest BCUT2D eigenvalue weighted by Crippen LogP contribution is -2.11. The van der Waals surface area contributed by atoms with Crippen LogP contribution in [0.25, 0.3) is 11.3 Å². The van der Waals surface area contributed by atoms with E-state index in [0.29, 0.717) is 0 Å². The summed E-state index contributed by atoms with van der Waals surface area (Å²) < 4.78 is 38.2. The molecular weight excluding hydrogens is 251 g/mol. The first-order chi connectivity index (χ1) is 8.41. The summed E-state index contributed by atoms with van der Waals surface area (Å²) in [5.41, 5.74) is -2.06. The number of aromatic amines is 1. The molecule has 0 aliphatic rings. The number of alkyl halides is 3. The van der Waals surface area contributed by atoms with Crippen LogP contribution in [0.5, 0.6) is 0 Å². The normalized spacial score (nSPS) is 11.5. The zero-order valence-electron chi connectivity index (χ0n) is 8.69. The number of rotatable bonds is 2. The molecule has 0 saturated heterocycles. The Morgan fingerprint density at radius 1 is 1.39 bits per heavy atom. The number of carboxylic acids is 1. The molecule has 2 heterocycles. The molecule has 5 nitrogen and oxygen atoms in total. The first kappa shape index (κ1) is 12.1. The Balaban J connectivity index is 2.65. The predicted octanol–water partition coefficient (Wildman–Crippen LogP) is 2.19. The van der Waals surface area contributed by atoms with Gasteiger partial charge in [-0.15, -0.1) is 0 Å². The number of halogens is 3. The Kier molecular flexibility index (Phi) is 2.77. The molecule has 94 valence electrons. The zero-order chi connectivity index (χ0) is 13.3. The van der Waals surface area contributed by atoms with E-state index in [0.717, 1.165) is 18.5 Å². The van der Waals surface area contributed by atoms with Crippen molar-refractivity contribution >= 4 is 5.97 Å². The Morgan fingerprint density at radius 3 is 2.72 bits per heavy atom. The van der Waals surface area contributed by atoms with E-state index < -0.39 is 17.8 Å². The number of aromatic nitrogens is 3. The van der Waals surface area contributed by atoms with Crippen LogP contribution in [0.15, 0.2) is 24.5 Å². The van der Waals surface area contributed by atoms with Gasteiger partial charge >= 0.3 is 12.1 Å². The number of pyridine rings is 1. The summed E-state index contributed by atoms with van der Waals surface area (Å²) in [7, 11) is 0. The van der Waals surface area contributed by atoms with Gasteiger partial charge in [-0.3, -0.25) is 10.1 Å². The van der Waals surface area contributed by atoms with E-state index in [-0.39, 0.29) is 16.8 Å². The molecule has 0 amide bonds. The summed E-state index contributed by atoms with van der Waals surface area (Å²) in [6, 6.07) is 2.42. The highest BCUT2D eigenvalue weighted by Crippen LogP contribution is 2.35. The fraction of sp³-hybridized carbons (Fsp3) is 0.100. The van der Waals surface area contributed by atoms with E-state index in [1.54, 1.807) is 0 Å². The van der Waals surface area contributed by atoms with Gasteiger partial charge in [0.05, 0.1) is 11.9 Å². The van der Waals surface area contributed by atoms with Crippen molar-refractivity contribution in [1.82, 2.24) is 15.2 Å². The van der Waals surface area contributed by atoms with Crippen LogP contribution in [-0.2, 0) is 6.18 Å². The Morgan fingerprint density at radius 2 is 2.11 bits per heavy atom. The van der Waals surface area contributed by atoms with Crippen molar-refractivity contribution in [3.8, 4) is 11.3 Å². The van der Waals surface area contributed by atoms with Crippen LogP contribution in [-0.4, -0.2) is 26.3 Å². The van der Waals surface area contributed by atoms with Crippen molar-refractivity contribution in [3.05, 3.63) is 35.8 Å². The molecule has 2 aromatic rings. The number of aromatic carboxylic acids is 1. The molecule has 0 fully saturated rings. The van der Waals surface area contributed by atoms with Gasteiger partial charge in [0.25, 0.3) is 0 Å². The van der Waals surface area contributed by atoms with Crippen molar-refractivity contribution in [2.45, 2.75) is 6.18 Å². The van der Waals surface area contributed by atoms with E-state index >= 15 is 0 Å². The number of carboxylic acid groups (broad SMARTS) is 1. The number of nitrogens with zero attached hydrogens (tertiary/aromatic N) is 2. The van der Waals surface area contributed by atoms with Crippen LogP contribution >= 0.6 is 0 Å². The number of nitrogens with one attached hydrogen (secondary N) is 1. The molecule has 0 saturated carbocycles. The van der Waals surface area contributed by atoms with Crippen molar-refractivity contribution < 1.29 is 23.1 Å². The number of hydrogen-bond acceptors (Lipinski definition) is 3. The van der Waals surface area contributed by atoms with Gasteiger partial charge in [-0.25, -0.2) is 4.79 Å². The lowest BCUT2D eigenvalue weighted by atomic mass is 10.1. The number of hydrogen-bond donors (Lipinski definition) is 2. The van der Waals surface area contributed by atoms with Crippen molar-refractivity contribution in [1.29, 1.82) is 0 Å². The lowest BCUT2D eigenvalue weighted by molar-refractivity contribution is -0.140. The summed E-state index contributed by atoms with van der Waals surface area (Å²) in [5.74, 6) is -1.37. The lowest BCUT2D eigenvalue weighted by Gasteiger charge is -2.10. The van der Waals surface area contributed by atoms with Gasteiger partial charge in [0.15, 0.2) is 5.69 Å². The third kappa shape index (κ3) is 2.04. The molecule has 0 aromatic carbocycles. The number of H-pyrrole nitrogens is 1. The summed E-state index contributed by atoms with van der Waals surface area (Å²) in [6.07, 6.45) is -2.73. The van der Waals surface area contributed by atoms with Crippen molar-refractivity contribution in [2.75, 3.05) is 0 Å². The summed E-state index contributed by atoms with van der Waals surface area (Å²) in [4.78, 5) is 14.1. The van der Waals surface area contributed by atoms with Gasteiger partial charge in [0.2, 0.25) is 0 Å². The first-order valence-electron chi connectivity index (χ1n) is 4.70. The fourth-order valence-electron chi connectivity index (χ4n) is 1.49. The van der Waals surface area contributed by atoms with Crippen molar-refractivity contribution in [2.24, 2.45) is 0 Å². The third-order valence-corrected chi connectivity index (χ3v) is 2.22. The number of carbonyl (C=O) groups is 1. The van der Waals surface area contributed by atoms with Crippen LogP contribution in [0.3, 0.4) is 0 Å². The molecule has 0 spiro atoms. The fourth-order valence-corrected chi connectivity index (χ4v) is 1.49. The van der Waals surface area contributed by atoms with E-state index in [1.807, 2.05) is 0 Å². The van der Waals surface area contributed by atoms with Crippen LogP contribution < -0.4 is 0 Å². The van der Waals surface area contributed by atoms with E-state index in [4.69, 9.17) is 5.11 Å². The minimum atomic E-state index is -4.67. The molecule has 0 aliphatic carbocycles. The standard InChI is InChI=1S/C10H6F3N3O2/c11-10(12,13)8-5(2-1-3-14-8)7-6(9(17)18)4-15-16-7/h1-4H,(H,15,16)(H,17,18). The van der Waals surface area contributed by atoms with Gasteiger partial charge in [-0.05, 0) is 12.1 Å². The molecule has 8 heteroatoms. The van der Waals surface area contributed by atoms with E-state index in [2.05, 4.69) is 15.2 Å². The third-order valence-electron chi connectivity index (χ3n) is 2.22. The SMILES string of the molecule is O=C(O)c1cn[nH]c1-c1cccnc1C(F)(F)F. The molecule has 0 radical (unpaired) electrons. The largest absolute Gasteiger partial charge is 0.478 e. The smallest absolute Gasteiger partial charge is 0.434 e. The topological polar surface area (TPSA) is 78.9 Å². The Labute approximate surface area is 98.3 Å². The van der Waals surface area contributed by atoms with Crippen LogP contribution in [0.4, 0.5) is 13.2 Å². The minimum Gasteiger partial charge on any atom is -0.478 e. The average molecular weight is 257 g/mol. The first-order valence-corrected chi connectivity index (χ1v) is 4.70. The summed E-state index contributed by atoms with van der Waals surface area (Å²) in [6.45, 7) is 0. The maximum atomic E-state index is 12.7. The summed E-state index contributed by atoms with van der Waals surface area (Å²) >= 11 is 0. The zero-order valence-corrected chi connectivity index (χ0v) is 8.69. The van der Waals surface area contributed by atoms with Gasteiger partial charge in [0.1, 0.15) is 5.56 Å². The predicted molar refractivity (Wildman–Crippen MR) is 53.8 cm³/mol. The minimum absolute atomic E-state index is 0.220. The van der Waals surface area contributed by atoms with E-state index in [9.17, 15) is 18.0 Å².